The molecule has 3 rings (SSSR count). The predicted octanol–water partition coefficient (Wildman–Crippen LogP) is 2.81. The van der Waals surface area contributed by atoms with Crippen LogP contribution in [0, 0.1) is 0 Å². The number of nitrogens with one attached hydrogen (secondary N) is 1. The zero-order valence-electron chi connectivity index (χ0n) is 12.7. The largest absolute Gasteiger partial charge is 0.364 e. The number of hydrogen-bond acceptors (Lipinski definition) is 4. The van der Waals surface area contributed by atoms with E-state index in [0.717, 1.165) is 24.7 Å². The molecule has 1 saturated heterocycles. The molecule has 1 aromatic heterocycles. The highest BCUT2D eigenvalue weighted by Crippen LogP contribution is 2.42. The summed E-state index contributed by atoms with van der Waals surface area (Å²) in [5.41, 5.74) is 2.88. The summed E-state index contributed by atoms with van der Waals surface area (Å²) >= 11 is 0. The van der Waals surface area contributed by atoms with Crippen LogP contribution in [0.4, 0.5) is 5.82 Å². The maximum Gasteiger partial charge on any atom is 0.152 e. The van der Waals surface area contributed by atoms with Crippen LogP contribution in [-0.4, -0.2) is 41.3 Å². The lowest BCUT2D eigenvalue weighted by molar-refractivity contribution is 0.260. The first-order valence-electron chi connectivity index (χ1n) is 8.07. The van der Waals surface area contributed by atoms with Crippen molar-refractivity contribution in [3.05, 3.63) is 17.3 Å². The van der Waals surface area contributed by atoms with Gasteiger partial charge in [-0.15, -0.1) is 5.10 Å². The van der Waals surface area contributed by atoms with Gasteiger partial charge in [-0.3, -0.25) is 0 Å². The van der Waals surface area contributed by atoms with E-state index in [1.54, 1.807) is 0 Å². The van der Waals surface area contributed by atoms with Crippen LogP contribution in [0.25, 0.3) is 0 Å². The van der Waals surface area contributed by atoms with E-state index in [2.05, 4.69) is 34.4 Å². The first-order valence-corrected chi connectivity index (χ1v) is 8.07. The van der Waals surface area contributed by atoms with Crippen LogP contribution in [0.3, 0.4) is 0 Å². The van der Waals surface area contributed by atoms with E-state index in [4.69, 9.17) is 0 Å². The summed E-state index contributed by atoms with van der Waals surface area (Å²) in [6.45, 7) is 4.57. The number of likely N-dealkylation sites (N-methyl/N-ethyl adjacent to an activating group) is 1. The maximum atomic E-state index is 4.41. The van der Waals surface area contributed by atoms with Gasteiger partial charge in [0.1, 0.15) is 0 Å². The fourth-order valence-electron chi connectivity index (χ4n) is 3.28. The minimum Gasteiger partial charge on any atom is -0.364 e. The molecule has 1 saturated carbocycles. The molecule has 1 aliphatic carbocycles. The molecule has 1 atom stereocenters. The van der Waals surface area contributed by atoms with Gasteiger partial charge < -0.3 is 10.2 Å². The quantitative estimate of drug-likeness (QED) is 0.896. The molecular weight excluding hydrogens is 248 g/mol. The van der Waals surface area contributed by atoms with Crippen LogP contribution in [0.5, 0.6) is 0 Å². The molecule has 0 radical (unpaired) electrons. The Hall–Kier alpha value is -1.16. The number of piperidine rings is 1. The van der Waals surface area contributed by atoms with E-state index < -0.39 is 0 Å². The van der Waals surface area contributed by atoms with Crippen molar-refractivity contribution >= 4 is 5.82 Å². The smallest absolute Gasteiger partial charge is 0.152 e. The second-order valence-electron chi connectivity index (χ2n) is 6.40. The minimum absolute atomic E-state index is 0.521. The highest BCUT2D eigenvalue weighted by atomic mass is 15.2. The van der Waals surface area contributed by atoms with E-state index in [-0.39, 0.29) is 0 Å². The van der Waals surface area contributed by atoms with Gasteiger partial charge in [0.2, 0.25) is 0 Å². The second-order valence-corrected chi connectivity index (χ2v) is 6.40. The van der Waals surface area contributed by atoms with Gasteiger partial charge in [0.15, 0.2) is 5.82 Å². The Kier molecular flexibility index (Phi) is 4.20. The molecule has 2 heterocycles. The summed E-state index contributed by atoms with van der Waals surface area (Å²) in [4.78, 5) is 2.40. The van der Waals surface area contributed by atoms with E-state index in [0.29, 0.717) is 6.04 Å². The van der Waals surface area contributed by atoms with Crippen molar-refractivity contribution < 1.29 is 0 Å². The summed E-state index contributed by atoms with van der Waals surface area (Å²) in [6.07, 6.45) is 9.46. The third kappa shape index (κ3) is 3.11. The van der Waals surface area contributed by atoms with Crippen LogP contribution >= 0.6 is 0 Å². The fourth-order valence-corrected chi connectivity index (χ4v) is 3.28. The molecule has 2 aliphatic rings. The average molecular weight is 274 g/mol. The Labute approximate surface area is 122 Å². The van der Waals surface area contributed by atoms with Gasteiger partial charge in [-0.05, 0) is 57.2 Å². The number of hydrogen-bond donors (Lipinski definition) is 1. The first kappa shape index (κ1) is 13.8. The summed E-state index contributed by atoms with van der Waals surface area (Å²) in [6, 6.07) is 0.521. The number of rotatable bonds is 5. The highest BCUT2D eigenvalue weighted by Gasteiger charge is 2.28. The van der Waals surface area contributed by atoms with Crippen molar-refractivity contribution in [3.8, 4) is 0 Å². The molecule has 0 bridgehead atoms. The molecule has 1 aromatic rings. The molecule has 0 amide bonds. The molecule has 0 aromatic carbocycles. The molecule has 1 aliphatic heterocycles. The number of anilines is 1. The summed E-state index contributed by atoms with van der Waals surface area (Å²) in [7, 11) is 2.20. The lowest BCUT2D eigenvalue weighted by atomic mass is 10.0. The van der Waals surface area contributed by atoms with Gasteiger partial charge in [0.25, 0.3) is 0 Å². The standard InChI is InChI=1S/C16H26N4/c1-3-5-14-15(12-7-8-12)10-17-19-16(14)18-13-6-4-9-20(2)11-13/h10,12-13H,3-9,11H2,1-2H3,(H,18,19)/t13-/m1/s1. The summed E-state index contributed by atoms with van der Waals surface area (Å²) in [5, 5.41) is 12.3. The SMILES string of the molecule is CCCc1c(C2CC2)cnnc1N[C@@H]1CCCN(C)C1. The van der Waals surface area contributed by atoms with Gasteiger partial charge in [-0.2, -0.15) is 5.10 Å². The number of aromatic nitrogens is 2. The fraction of sp³-hybridized carbons (Fsp3) is 0.750. The van der Waals surface area contributed by atoms with Crippen molar-refractivity contribution in [1.82, 2.24) is 15.1 Å². The molecule has 2 fully saturated rings. The third-order valence-electron chi connectivity index (χ3n) is 4.47. The lowest BCUT2D eigenvalue weighted by Gasteiger charge is -2.31. The van der Waals surface area contributed by atoms with Crippen molar-refractivity contribution in [2.75, 3.05) is 25.5 Å². The molecular formula is C16H26N4. The van der Waals surface area contributed by atoms with Crippen molar-refractivity contribution in [2.24, 2.45) is 0 Å². The molecule has 0 unspecified atom stereocenters. The van der Waals surface area contributed by atoms with Crippen molar-refractivity contribution in [3.63, 3.8) is 0 Å². The minimum atomic E-state index is 0.521. The number of likely N-dealkylation sites (tertiary alicyclic amines) is 1. The Morgan fingerprint density at radius 3 is 2.90 bits per heavy atom. The van der Waals surface area contributed by atoms with E-state index in [1.807, 2.05) is 6.20 Å². The van der Waals surface area contributed by atoms with Gasteiger partial charge in [-0.25, -0.2) is 0 Å². The maximum absolute atomic E-state index is 4.41. The lowest BCUT2D eigenvalue weighted by Crippen LogP contribution is -2.40. The van der Waals surface area contributed by atoms with Crippen LogP contribution in [0.15, 0.2) is 6.20 Å². The van der Waals surface area contributed by atoms with Gasteiger partial charge in [0, 0.05) is 18.2 Å². The topological polar surface area (TPSA) is 41.1 Å². The van der Waals surface area contributed by atoms with Crippen LogP contribution in [-0.2, 0) is 6.42 Å². The Balaban J connectivity index is 1.78. The van der Waals surface area contributed by atoms with E-state index >= 15 is 0 Å². The van der Waals surface area contributed by atoms with Crippen LogP contribution < -0.4 is 5.32 Å². The Morgan fingerprint density at radius 2 is 2.20 bits per heavy atom. The highest BCUT2D eigenvalue weighted by molar-refractivity contribution is 5.50. The normalized spacial score (nSPS) is 23.8. The third-order valence-corrected chi connectivity index (χ3v) is 4.47. The second kappa shape index (κ2) is 6.08. The molecule has 1 N–H and O–H groups in total. The molecule has 4 nitrogen and oxygen atoms in total. The van der Waals surface area contributed by atoms with Crippen LogP contribution in [0.1, 0.15) is 56.1 Å². The predicted molar refractivity (Wildman–Crippen MR) is 82.1 cm³/mol. The molecule has 20 heavy (non-hydrogen) atoms. The van der Waals surface area contributed by atoms with Crippen molar-refractivity contribution in [2.45, 2.75) is 57.4 Å². The summed E-state index contributed by atoms with van der Waals surface area (Å²) < 4.78 is 0. The van der Waals surface area contributed by atoms with Gasteiger partial charge in [-0.1, -0.05) is 13.3 Å². The first-order chi connectivity index (χ1) is 9.78. The molecule has 0 spiro atoms. The van der Waals surface area contributed by atoms with Gasteiger partial charge in [0.05, 0.1) is 6.20 Å². The average Bonchev–Trinajstić information content (AvgIpc) is 3.25. The number of nitrogens with zero attached hydrogens (tertiary/aromatic N) is 3. The Bertz CT molecular complexity index is 456. The van der Waals surface area contributed by atoms with E-state index in [9.17, 15) is 0 Å². The summed E-state index contributed by atoms with van der Waals surface area (Å²) in [5.74, 6) is 1.80. The Morgan fingerprint density at radius 1 is 1.35 bits per heavy atom. The van der Waals surface area contributed by atoms with E-state index in [1.165, 1.54) is 49.8 Å². The zero-order valence-corrected chi connectivity index (χ0v) is 12.7. The van der Waals surface area contributed by atoms with Crippen LogP contribution in [0.2, 0.25) is 0 Å². The molecule has 110 valence electrons. The monoisotopic (exact) mass is 274 g/mol. The molecule has 4 heteroatoms. The zero-order chi connectivity index (χ0) is 13.9. The van der Waals surface area contributed by atoms with Crippen molar-refractivity contribution in [1.29, 1.82) is 0 Å². The van der Waals surface area contributed by atoms with Gasteiger partial charge >= 0.3 is 0 Å².